The summed E-state index contributed by atoms with van der Waals surface area (Å²) in [5.41, 5.74) is 1.09. The van der Waals surface area contributed by atoms with E-state index in [2.05, 4.69) is 15.2 Å². The van der Waals surface area contributed by atoms with Crippen LogP contribution in [0.25, 0.3) is 17.1 Å². The lowest BCUT2D eigenvalue weighted by Gasteiger charge is -2.15. The lowest BCUT2D eigenvalue weighted by atomic mass is 10.1. The molecule has 196 valence electrons. The minimum Gasteiger partial charge on any atom is -0.385 e. The lowest BCUT2D eigenvalue weighted by Crippen LogP contribution is -2.37. The Labute approximate surface area is 214 Å². The number of halogens is 4. The van der Waals surface area contributed by atoms with Crippen LogP contribution in [0.1, 0.15) is 37.2 Å². The zero-order valence-corrected chi connectivity index (χ0v) is 20.6. The molecule has 4 rings (SSSR count). The van der Waals surface area contributed by atoms with Crippen molar-refractivity contribution in [3.8, 4) is 17.1 Å². The third-order valence-electron chi connectivity index (χ3n) is 5.70. The molecule has 1 unspecified atom stereocenters. The van der Waals surface area contributed by atoms with Crippen LogP contribution in [0.3, 0.4) is 0 Å². The fourth-order valence-electron chi connectivity index (χ4n) is 3.83. The van der Waals surface area contributed by atoms with Gasteiger partial charge in [0.2, 0.25) is 0 Å². The number of hydrogen-bond acceptors (Lipinski definition) is 6. The van der Waals surface area contributed by atoms with Gasteiger partial charge in [0.15, 0.2) is 23.6 Å². The van der Waals surface area contributed by atoms with Gasteiger partial charge in [0, 0.05) is 10.6 Å². The Morgan fingerprint density at radius 2 is 1.73 bits per heavy atom. The van der Waals surface area contributed by atoms with E-state index in [9.17, 15) is 28.2 Å². The van der Waals surface area contributed by atoms with Crippen molar-refractivity contribution in [3.05, 3.63) is 81.3 Å². The normalized spacial score (nSPS) is 13.6. The number of aryl methyl sites for hydroxylation is 1. The number of aliphatic hydroxyl groups excluding tert-OH is 2. The SMILES string of the molecule is CCc1ccccc1-n1nc(Cn2nc(-c3ccc(Cl)cc3)n(C[C@H](O)C(F)(F)F)c2=O)nc1C(C)O. The second-order valence-electron chi connectivity index (χ2n) is 8.40. The Morgan fingerprint density at radius 1 is 1.05 bits per heavy atom. The van der Waals surface area contributed by atoms with Crippen molar-refractivity contribution < 1.29 is 23.4 Å². The Morgan fingerprint density at radius 3 is 2.35 bits per heavy atom. The van der Waals surface area contributed by atoms with Crippen molar-refractivity contribution >= 4 is 11.6 Å². The van der Waals surface area contributed by atoms with Gasteiger partial charge < -0.3 is 10.2 Å². The lowest BCUT2D eigenvalue weighted by molar-refractivity contribution is -0.207. The summed E-state index contributed by atoms with van der Waals surface area (Å²) in [4.78, 5) is 17.5. The Kier molecular flexibility index (Phi) is 7.53. The van der Waals surface area contributed by atoms with Crippen molar-refractivity contribution in [1.82, 2.24) is 29.1 Å². The van der Waals surface area contributed by atoms with Crippen LogP contribution in [-0.4, -0.2) is 51.6 Å². The molecule has 0 amide bonds. The first kappa shape index (κ1) is 26.6. The molecular weight excluding hydrogens is 513 g/mol. The summed E-state index contributed by atoms with van der Waals surface area (Å²) < 4.78 is 42.4. The first-order valence-electron chi connectivity index (χ1n) is 11.4. The Bertz CT molecular complexity index is 1440. The molecule has 2 atom stereocenters. The molecule has 37 heavy (non-hydrogen) atoms. The highest BCUT2D eigenvalue weighted by Gasteiger charge is 2.39. The van der Waals surface area contributed by atoms with Crippen LogP contribution in [-0.2, 0) is 19.5 Å². The van der Waals surface area contributed by atoms with Gasteiger partial charge in [-0.3, -0.25) is 4.57 Å². The van der Waals surface area contributed by atoms with Crippen LogP contribution in [0, 0.1) is 0 Å². The second kappa shape index (κ2) is 10.5. The number of nitrogens with zero attached hydrogens (tertiary/aromatic N) is 6. The molecule has 2 N–H and O–H groups in total. The van der Waals surface area contributed by atoms with E-state index >= 15 is 0 Å². The van der Waals surface area contributed by atoms with Gasteiger partial charge in [-0.05, 0) is 49.2 Å². The molecule has 2 aromatic carbocycles. The van der Waals surface area contributed by atoms with Gasteiger partial charge in [-0.2, -0.15) is 13.2 Å². The van der Waals surface area contributed by atoms with E-state index in [1.54, 1.807) is 0 Å². The maximum absolute atomic E-state index is 13.1. The molecule has 0 saturated carbocycles. The molecule has 0 bridgehead atoms. The quantitative estimate of drug-likeness (QED) is 0.356. The van der Waals surface area contributed by atoms with Gasteiger partial charge in [-0.1, -0.05) is 36.7 Å². The van der Waals surface area contributed by atoms with E-state index in [1.165, 1.54) is 35.9 Å². The summed E-state index contributed by atoms with van der Waals surface area (Å²) in [5, 5.41) is 29.0. The summed E-state index contributed by atoms with van der Waals surface area (Å²) in [6.07, 6.45) is -8.01. The predicted molar refractivity (Wildman–Crippen MR) is 129 cm³/mol. The number of aliphatic hydroxyl groups is 2. The fourth-order valence-corrected chi connectivity index (χ4v) is 3.96. The molecule has 2 aromatic heterocycles. The van der Waals surface area contributed by atoms with Crippen LogP contribution in [0.5, 0.6) is 0 Å². The van der Waals surface area contributed by atoms with Gasteiger partial charge in [0.25, 0.3) is 0 Å². The highest BCUT2D eigenvalue weighted by atomic mass is 35.5. The van der Waals surface area contributed by atoms with Crippen LogP contribution in [0.4, 0.5) is 13.2 Å². The predicted octanol–water partition coefficient (Wildman–Crippen LogP) is 3.53. The van der Waals surface area contributed by atoms with E-state index < -0.39 is 30.6 Å². The van der Waals surface area contributed by atoms with Crippen LogP contribution < -0.4 is 5.69 Å². The molecule has 0 aliphatic carbocycles. The number of hydrogen-bond donors (Lipinski definition) is 2. The summed E-state index contributed by atoms with van der Waals surface area (Å²) in [5.74, 6) is 0.262. The van der Waals surface area contributed by atoms with Gasteiger partial charge in [0.05, 0.1) is 12.2 Å². The Hall–Kier alpha value is -3.48. The number of benzene rings is 2. The van der Waals surface area contributed by atoms with Crippen molar-refractivity contribution in [1.29, 1.82) is 0 Å². The number of alkyl halides is 3. The van der Waals surface area contributed by atoms with Crippen molar-refractivity contribution in [3.63, 3.8) is 0 Å². The van der Waals surface area contributed by atoms with E-state index in [4.69, 9.17) is 11.6 Å². The number of rotatable bonds is 8. The summed E-state index contributed by atoms with van der Waals surface area (Å²) in [7, 11) is 0. The van der Waals surface area contributed by atoms with E-state index in [0.29, 0.717) is 22.7 Å². The molecular formula is C24H24ClF3N6O3. The molecule has 4 aromatic rings. The van der Waals surface area contributed by atoms with Gasteiger partial charge in [-0.25, -0.2) is 19.1 Å². The maximum Gasteiger partial charge on any atom is 0.416 e. The average molecular weight is 537 g/mol. The van der Waals surface area contributed by atoms with E-state index in [1.807, 2.05) is 31.2 Å². The first-order valence-corrected chi connectivity index (χ1v) is 11.8. The highest BCUT2D eigenvalue weighted by Crippen LogP contribution is 2.25. The fraction of sp³-hybridized carbons (Fsp3) is 0.333. The molecule has 0 aliphatic rings. The third kappa shape index (κ3) is 5.60. The molecule has 9 nitrogen and oxygen atoms in total. The summed E-state index contributed by atoms with van der Waals surface area (Å²) in [6, 6.07) is 13.5. The Balaban J connectivity index is 1.78. The molecule has 0 spiro atoms. The molecule has 0 fully saturated rings. The minimum absolute atomic E-state index is 0.0866. The van der Waals surface area contributed by atoms with Crippen molar-refractivity contribution in [2.24, 2.45) is 0 Å². The van der Waals surface area contributed by atoms with Gasteiger partial charge >= 0.3 is 11.9 Å². The molecule has 0 radical (unpaired) electrons. The summed E-state index contributed by atoms with van der Waals surface area (Å²) >= 11 is 5.92. The standard InChI is InChI=1S/C24H24ClF3N6O3/c1-3-15-6-4-5-7-18(15)34-21(14(2)35)29-20(30-34)13-33-23(37)32(12-19(36)24(26,27)28)22(31-33)16-8-10-17(25)11-9-16/h4-11,14,19,35-36H,3,12-13H2,1-2H3/t14?,19-/m0/s1. The molecule has 13 heteroatoms. The largest absolute Gasteiger partial charge is 0.416 e. The zero-order chi connectivity index (χ0) is 26.9. The van der Waals surface area contributed by atoms with Gasteiger partial charge in [0.1, 0.15) is 12.6 Å². The van der Waals surface area contributed by atoms with Crippen molar-refractivity contribution in [2.45, 2.75) is 51.7 Å². The van der Waals surface area contributed by atoms with Crippen LogP contribution in [0.15, 0.2) is 53.3 Å². The van der Waals surface area contributed by atoms with Gasteiger partial charge in [-0.15, -0.1) is 10.2 Å². The topological polar surface area (TPSA) is 111 Å². The monoisotopic (exact) mass is 536 g/mol. The average Bonchev–Trinajstić information content (AvgIpc) is 3.41. The van der Waals surface area contributed by atoms with Crippen molar-refractivity contribution in [2.75, 3.05) is 0 Å². The molecule has 2 heterocycles. The van der Waals surface area contributed by atoms with Crippen LogP contribution >= 0.6 is 11.6 Å². The minimum atomic E-state index is -4.93. The number of aromatic nitrogens is 6. The highest BCUT2D eigenvalue weighted by molar-refractivity contribution is 6.30. The van der Waals surface area contributed by atoms with Crippen LogP contribution in [0.2, 0.25) is 5.02 Å². The molecule has 0 saturated heterocycles. The summed E-state index contributed by atoms with van der Waals surface area (Å²) in [6.45, 7) is 2.16. The second-order valence-corrected chi connectivity index (χ2v) is 8.83. The maximum atomic E-state index is 13.1. The van der Waals surface area contributed by atoms with E-state index in [-0.39, 0.29) is 24.0 Å². The number of para-hydroxylation sites is 1. The zero-order valence-electron chi connectivity index (χ0n) is 19.9. The first-order chi connectivity index (χ1) is 17.5. The molecule has 0 aliphatic heterocycles. The van der Waals surface area contributed by atoms with E-state index in [0.717, 1.165) is 14.8 Å². The third-order valence-corrected chi connectivity index (χ3v) is 5.95. The smallest absolute Gasteiger partial charge is 0.385 e.